The minimum absolute atomic E-state index is 0.00981. The Morgan fingerprint density at radius 1 is 1.20 bits per heavy atom. The third-order valence-corrected chi connectivity index (χ3v) is 5.11. The average molecular weight is 410 g/mol. The van der Waals surface area contributed by atoms with E-state index in [-0.39, 0.29) is 23.6 Å². The Kier molecular flexibility index (Phi) is 5.18. The van der Waals surface area contributed by atoms with Gasteiger partial charge in [0.2, 0.25) is 0 Å². The van der Waals surface area contributed by atoms with Crippen molar-refractivity contribution in [3.05, 3.63) is 75.5 Å². The first-order valence-electron chi connectivity index (χ1n) is 9.38. The molecule has 2 heterocycles. The monoisotopic (exact) mass is 410 g/mol. The Hall–Kier alpha value is -3.75. The number of benzene rings is 2. The summed E-state index contributed by atoms with van der Waals surface area (Å²) in [6, 6.07) is 11.4. The number of carbonyl (C=O) groups excluding carboxylic acids is 2. The first-order valence-corrected chi connectivity index (χ1v) is 9.38. The van der Waals surface area contributed by atoms with E-state index in [9.17, 15) is 18.8 Å². The van der Waals surface area contributed by atoms with Gasteiger partial charge in [-0.05, 0) is 23.8 Å². The van der Waals surface area contributed by atoms with Crippen LogP contribution in [-0.4, -0.2) is 46.8 Å². The maximum atomic E-state index is 14.3. The fourth-order valence-corrected chi connectivity index (χ4v) is 3.56. The third kappa shape index (κ3) is 3.86. The zero-order valence-corrected chi connectivity index (χ0v) is 15.9. The standard InChI is InChI=1S/C21H19FN4O4/c22-17-6-5-12(8-18-14-3-1-2-4-15(14)19(27)25-24-18)7-16(17)20(28)26-9-13(10-26)11-30-21(23)29/h1-7,13H,8-11H2,(H2,23,29)(H,25,27). The maximum absolute atomic E-state index is 14.3. The highest BCUT2D eigenvalue weighted by molar-refractivity contribution is 5.95. The molecule has 0 bridgehead atoms. The lowest BCUT2D eigenvalue weighted by Gasteiger charge is -2.38. The molecule has 1 saturated heterocycles. The van der Waals surface area contributed by atoms with Gasteiger partial charge in [-0.1, -0.05) is 24.3 Å². The van der Waals surface area contributed by atoms with Crippen LogP contribution in [0.1, 0.15) is 21.6 Å². The molecular formula is C21H19FN4O4. The number of nitrogens with one attached hydrogen (secondary N) is 1. The lowest BCUT2D eigenvalue weighted by atomic mass is 9.98. The Balaban J connectivity index is 1.52. The number of hydrogen-bond acceptors (Lipinski definition) is 5. The highest BCUT2D eigenvalue weighted by atomic mass is 19.1. The number of aromatic amines is 1. The molecule has 1 fully saturated rings. The number of nitrogens with two attached hydrogens (primary N) is 1. The number of primary amides is 1. The molecule has 0 saturated carbocycles. The normalized spacial score (nSPS) is 13.8. The van der Waals surface area contributed by atoms with Gasteiger partial charge in [0.1, 0.15) is 5.82 Å². The molecule has 0 radical (unpaired) electrons. The first-order chi connectivity index (χ1) is 14.4. The average Bonchev–Trinajstić information content (AvgIpc) is 2.70. The number of H-pyrrole nitrogens is 1. The predicted molar refractivity (Wildman–Crippen MR) is 106 cm³/mol. The minimum atomic E-state index is -0.859. The Labute approximate surface area is 170 Å². The van der Waals surface area contributed by atoms with Crippen LogP contribution in [0.25, 0.3) is 10.8 Å². The van der Waals surface area contributed by atoms with Crippen molar-refractivity contribution in [3.8, 4) is 0 Å². The van der Waals surface area contributed by atoms with Crippen LogP contribution in [0.2, 0.25) is 0 Å². The number of halogens is 1. The summed E-state index contributed by atoms with van der Waals surface area (Å²) in [6.45, 7) is 0.858. The van der Waals surface area contributed by atoms with Crippen molar-refractivity contribution < 1.29 is 18.7 Å². The molecule has 3 N–H and O–H groups in total. The molecule has 4 rings (SSSR count). The topological polar surface area (TPSA) is 118 Å². The van der Waals surface area contributed by atoms with E-state index in [0.717, 1.165) is 0 Å². The van der Waals surface area contributed by atoms with E-state index in [1.807, 2.05) is 6.07 Å². The number of hydrogen-bond donors (Lipinski definition) is 2. The molecule has 2 aromatic carbocycles. The third-order valence-electron chi connectivity index (χ3n) is 5.11. The second-order valence-electron chi connectivity index (χ2n) is 7.24. The number of likely N-dealkylation sites (tertiary alicyclic amines) is 1. The van der Waals surface area contributed by atoms with Gasteiger partial charge in [0.05, 0.1) is 23.3 Å². The number of nitrogens with zero attached hydrogens (tertiary/aromatic N) is 2. The Morgan fingerprint density at radius 2 is 1.93 bits per heavy atom. The SMILES string of the molecule is NC(=O)OCC1CN(C(=O)c2cc(Cc3n[nH]c(=O)c4ccccc34)ccc2F)C1. The van der Waals surface area contributed by atoms with Crippen molar-refractivity contribution >= 4 is 22.8 Å². The van der Waals surface area contributed by atoms with Crippen LogP contribution in [0.4, 0.5) is 9.18 Å². The molecule has 0 unspecified atom stereocenters. The van der Waals surface area contributed by atoms with Crippen molar-refractivity contribution in [2.45, 2.75) is 6.42 Å². The summed E-state index contributed by atoms with van der Waals surface area (Å²) in [5.74, 6) is -1.05. The van der Waals surface area contributed by atoms with Gasteiger partial charge < -0.3 is 15.4 Å². The molecule has 0 spiro atoms. The molecule has 3 aromatic rings. The van der Waals surface area contributed by atoms with Gasteiger partial charge in [-0.2, -0.15) is 5.10 Å². The highest BCUT2D eigenvalue weighted by Crippen LogP contribution is 2.23. The van der Waals surface area contributed by atoms with Gasteiger partial charge in [0.25, 0.3) is 11.5 Å². The zero-order chi connectivity index (χ0) is 21.3. The molecule has 1 aliphatic rings. The van der Waals surface area contributed by atoms with Gasteiger partial charge in [-0.15, -0.1) is 0 Å². The van der Waals surface area contributed by atoms with E-state index in [4.69, 9.17) is 10.5 Å². The van der Waals surface area contributed by atoms with Crippen LogP contribution in [0.5, 0.6) is 0 Å². The molecule has 1 aliphatic heterocycles. The van der Waals surface area contributed by atoms with Crippen LogP contribution in [0, 0.1) is 11.7 Å². The highest BCUT2D eigenvalue weighted by Gasteiger charge is 2.33. The molecule has 30 heavy (non-hydrogen) atoms. The van der Waals surface area contributed by atoms with Crippen LogP contribution in [-0.2, 0) is 11.2 Å². The molecular weight excluding hydrogens is 391 g/mol. The lowest BCUT2D eigenvalue weighted by molar-refractivity contribution is 0.0318. The van der Waals surface area contributed by atoms with E-state index in [0.29, 0.717) is 41.5 Å². The molecule has 2 amide bonds. The second kappa shape index (κ2) is 7.94. The summed E-state index contributed by atoms with van der Waals surface area (Å²) < 4.78 is 19.1. The van der Waals surface area contributed by atoms with E-state index < -0.39 is 17.8 Å². The summed E-state index contributed by atoms with van der Waals surface area (Å²) >= 11 is 0. The molecule has 9 heteroatoms. The van der Waals surface area contributed by atoms with Gasteiger partial charge >= 0.3 is 6.09 Å². The number of amides is 2. The molecule has 154 valence electrons. The fraction of sp³-hybridized carbons (Fsp3) is 0.238. The van der Waals surface area contributed by atoms with Crippen molar-refractivity contribution in [1.29, 1.82) is 0 Å². The van der Waals surface area contributed by atoms with E-state index >= 15 is 0 Å². The van der Waals surface area contributed by atoms with Gasteiger partial charge in [-0.25, -0.2) is 14.3 Å². The van der Waals surface area contributed by atoms with Crippen molar-refractivity contribution in [1.82, 2.24) is 15.1 Å². The van der Waals surface area contributed by atoms with Crippen LogP contribution in [0.3, 0.4) is 0 Å². The second-order valence-corrected chi connectivity index (χ2v) is 7.24. The largest absolute Gasteiger partial charge is 0.449 e. The van der Waals surface area contributed by atoms with Gasteiger partial charge in [0, 0.05) is 30.8 Å². The van der Waals surface area contributed by atoms with Gasteiger partial charge in [0.15, 0.2) is 0 Å². The number of carbonyl (C=O) groups is 2. The van der Waals surface area contributed by atoms with Gasteiger partial charge in [-0.3, -0.25) is 9.59 Å². The minimum Gasteiger partial charge on any atom is -0.449 e. The first kappa shape index (κ1) is 19.6. The maximum Gasteiger partial charge on any atom is 0.404 e. The molecule has 1 aromatic heterocycles. The van der Waals surface area contributed by atoms with Crippen molar-refractivity contribution in [2.24, 2.45) is 11.7 Å². The fourth-order valence-electron chi connectivity index (χ4n) is 3.56. The number of ether oxygens (including phenoxy) is 1. The van der Waals surface area contributed by atoms with Crippen LogP contribution < -0.4 is 11.3 Å². The molecule has 0 aliphatic carbocycles. The number of aromatic nitrogens is 2. The zero-order valence-electron chi connectivity index (χ0n) is 15.9. The lowest BCUT2D eigenvalue weighted by Crippen LogP contribution is -2.52. The summed E-state index contributed by atoms with van der Waals surface area (Å²) in [5.41, 5.74) is 5.94. The summed E-state index contributed by atoms with van der Waals surface area (Å²) in [6.07, 6.45) is -0.533. The molecule has 0 atom stereocenters. The smallest absolute Gasteiger partial charge is 0.404 e. The summed E-state index contributed by atoms with van der Waals surface area (Å²) in [7, 11) is 0. The van der Waals surface area contributed by atoms with Crippen molar-refractivity contribution in [2.75, 3.05) is 19.7 Å². The Bertz CT molecular complexity index is 1190. The van der Waals surface area contributed by atoms with Crippen LogP contribution in [0.15, 0.2) is 47.3 Å². The predicted octanol–water partition coefficient (Wildman–Crippen LogP) is 1.82. The summed E-state index contributed by atoms with van der Waals surface area (Å²) in [4.78, 5) is 36.8. The summed E-state index contributed by atoms with van der Waals surface area (Å²) in [5, 5.41) is 7.83. The number of fused-ring (bicyclic) bond motifs is 1. The van der Waals surface area contributed by atoms with Crippen LogP contribution >= 0.6 is 0 Å². The Morgan fingerprint density at radius 3 is 2.67 bits per heavy atom. The van der Waals surface area contributed by atoms with E-state index in [1.165, 1.54) is 17.0 Å². The molecule has 8 nitrogen and oxygen atoms in total. The van der Waals surface area contributed by atoms with E-state index in [2.05, 4.69) is 10.2 Å². The quantitative estimate of drug-likeness (QED) is 0.665. The van der Waals surface area contributed by atoms with E-state index in [1.54, 1.807) is 24.3 Å². The number of rotatable bonds is 5. The van der Waals surface area contributed by atoms with Crippen molar-refractivity contribution in [3.63, 3.8) is 0 Å².